The number of carbonyl (C=O) groups excluding carboxylic acids is 1. The minimum absolute atomic E-state index is 0.116. The van der Waals surface area contributed by atoms with Gasteiger partial charge in [-0.2, -0.15) is 0 Å². The lowest BCUT2D eigenvalue weighted by atomic mass is 9.88. The minimum Gasteiger partial charge on any atom is -0.346 e. The molecule has 2 heteroatoms. The highest BCUT2D eigenvalue weighted by atomic mass is 16.2. The van der Waals surface area contributed by atoms with E-state index in [4.69, 9.17) is 0 Å². The van der Waals surface area contributed by atoms with Crippen LogP contribution in [0.15, 0.2) is 60.7 Å². The van der Waals surface area contributed by atoms with Crippen molar-refractivity contribution in [1.82, 2.24) is 4.90 Å². The Morgan fingerprint density at radius 1 is 0.950 bits per heavy atom. The van der Waals surface area contributed by atoms with Crippen molar-refractivity contribution >= 4 is 5.91 Å². The maximum absolute atomic E-state index is 11.4. The van der Waals surface area contributed by atoms with Gasteiger partial charge in [-0.3, -0.25) is 4.79 Å². The van der Waals surface area contributed by atoms with Gasteiger partial charge in [0.25, 0.3) is 0 Å². The number of amides is 1. The highest BCUT2D eigenvalue weighted by Gasteiger charge is 2.15. The summed E-state index contributed by atoms with van der Waals surface area (Å²) in [6.07, 6.45) is 0.935. The van der Waals surface area contributed by atoms with Crippen molar-refractivity contribution in [2.24, 2.45) is 0 Å². The molecule has 104 valence electrons. The maximum Gasteiger partial charge on any atom is 0.219 e. The van der Waals surface area contributed by atoms with Gasteiger partial charge in [-0.1, -0.05) is 60.7 Å². The molecule has 0 saturated heterocycles. The van der Waals surface area contributed by atoms with Gasteiger partial charge in [0.05, 0.1) is 0 Å². The van der Waals surface area contributed by atoms with E-state index >= 15 is 0 Å². The lowest BCUT2D eigenvalue weighted by molar-refractivity contribution is -0.127. The van der Waals surface area contributed by atoms with Crippen LogP contribution in [0.5, 0.6) is 0 Å². The summed E-state index contributed by atoms with van der Waals surface area (Å²) in [5, 5.41) is 0. The third kappa shape index (κ3) is 3.70. The number of nitrogens with zero attached hydrogens (tertiary/aromatic N) is 1. The molecule has 0 radical (unpaired) electrons. The largest absolute Gasteiger partial charge is 0.346 e. The predicted molar refractivity (Wildman–Crippen MR) is 82.7 cm³/mol. The number of hydrogen-bond acceptors (Lipinski definition) is 1. The van der Waals surface area contributed by atoms with Gasteiger partial charge in [-0.15, -0.1) is 0 Å². The molecule has 0 saturated carbocycles. The van der Waals surface area contributed by atoms with Crippen LogP contribution >= 0.6 is 0 Å². The van der Waals surface area contributed by atoms with E-state index in [0.29, 0.717) is 5.92 Å². The van der Waals surface area contributed by atoms with Crippen molar-refractivity contribution in [2.45, 2.75) is 19.3 Å². The summed E-state index contributed by atoms with van der Waals surface area (Å²) in [5.74, 6) is 0.448. The lowest BCUT2D eigenvalue weighted by Crippen LogP contribution is -2.26. The molecule has 0 atom stereocenters. The third-order valence-corrected chi connectivity index (χ3v) is 3.69. The number of benzene rings is 2. The van der Waals surface area contributed by atoms with Crippen LogP contribution in [0.4, 0.5) is 0 Å². The Hall–Kier alpha value is -2.09. The van der Waals surface area contributed by atoms with Gasteiger partial charge in [0, 0.05) is 26.4 Å². The van der Waals surface area contributed by atoms with Crippen LogP contribution in [-0.2, 0) is 4.79 Å². The molecule has 2 rings (SSSR count). The Morgan fingerprint density at radius 3 is 1.80 bits per heavy atom. The molecule has 0 unspecified atom stereocenters. The molecule has 2 nitrogen and oxygen atoms in total. The lowest BCUT2D eigenvalue weighted by Gasteiger charge is -2.22. The Morgan fingerprint density at radius 2 is 1.40 bits per heavy atom. The van der Waals surface area contributed by atoms with E-state index in [0.717, 1.165) is 13.0 Å². The van der Waals surface area contributed by atoms with Crippen LogP contribution in [0.3, 0.4) is 0 Å². The summed E-state index contributed by atoms with van der Waals surface area (Å²) in [5.41, 5.74) is 2.60. The Labute approximate surface area is 121 Å². The normalized spacial score (nSPS) is 10.6. The van der Waals surface area contributed by atoms with Crippen molar-refractivity contribution < 1.29 is 4.79 Å². The number of hydrogen-bond donors (Lipinski definition) is 0. The monoisotopic (exact) mass is 267 g/mol. The van der Waals surface area contributed by atoms with Crippen molar-refractivity contribution in [2.75, 3.05) is 13.6 Å². The highest BCUT2D eigenvalue weighted by Crippen LogP contribution is 2.27. The van der Waals surface area contributed by atoms with E-state index in [1.54, 1.807) is 11.8 Å². The summed E-state index contributed by atoms with van der Waals surface area (Å²) < 4.78 is 0. The van der Waals surface area contributed by atoms with Crippen LogP contribution in [0.1, 0.15) is 30.4 Å². The van der Waals surface area contributed by atoms with Crippen LogP contribution in [0.2, 0.25) is 0 Å². The zero-order chi connectivity index (χ0) is 14.4. The summed E-state index contributed by atoms with van der Waals surface area (Å²) in [6, 6.07) is 21.0. The predicted octanol–water partition coefficient (Wildman–Crippen LogP) is 3.69. The molecule has 0 aliphatic carbocycles. The molecular formula is C18H21NO. The molecule has 20 heavy (non-hydrogen) atoms. The molecule has 0 heterocycles. The van der Waals surface area contributed by atoms with Crippen molar-refractivity contribution in [3.8, 4) is 0 Å². The van der Waals surface area contributed by atoms with Crippen molar-refractivity contribution in [1.29, 1.82) is 0 Å². The molecule has 0 aliphatic rings. The first-order valence-electron chi connectivity index (χ1n) is 7.00. The zero-order valence-electron chi connectivity index (χ0n) is 12.1. The standard InChI is InChI=1S/C18H21NO/c1-15(20)19(2)14-13-18(16-9-5-3-6-10-16)17-11-7-4-8-12-17/h3-12,18H,13-14H2,1-2H3. The summed E-state index contributed by atoms with van der Waals surface area (Å²) in [4.78, 5) is 13.1. The first-order valence-corrected chi connectivity index (χ1v) is 7.00. The smallest absolute Gasteiger partial charge is 0.219 e. The molecule has 0 spiro atoms. The van der Waals surface area contributed by atoms with E-state index in [-0.39, 0.29) is 5.91 Å². The SMILES string of the molecule is CC(=O)N(C)CCC(c1ccccc1)c1ccccc1. The van der Waals surface area contributed by atoms with Crippen molar-refractivity contribution in [3.63, 3.8) is 0 Å². The number of carbonyl (C=O) groups is 1. The summed E-state index contributed by atoms with van der Waals surface area (Å²) in [6.45, 7) is 2.38. The van der Waals surface area contributed by atoms with Gasteiger partial charge >= 0.3 is 0 Å². The fourth-order valence-corrected chi connectivity index (χ4v) is 2.38. The molecule has 0 bridgehead atoms. The summed E-state index contributed by atoms with van der Waals surface area (Å²) in [7, 11) is 1.86. The van der Waals surface area contributed by atoms with E-state index < -0.39 is 0 Å². The first kappa shape index (κ1) is 14.3. The van der Waals surface area contributed by atoms with Gasteiger partial charge in [0.2, 0.25) is 5.91 Å². The molecule has 2 aromatic rings. The Bertz CT molecular complexity index is 496. The van der Waals surface area contributed by atoms with Crippen LogP contribution in [0, 0.1) is 0 Å². The second-order valence-corrected chi connectivity index (χ2v) is 5.10. The van der Waals surface area contributed by atoms with E-state index in [1.807, 2.05) is 19.2 Å². The minimum atomic E-state index is 0.116. The van der Waals surface area contributed by atoms with Crippen molar-refractivity contribution in [3.05, 3.63) is 71.8 Å². The van der Waals surface area contributed by atoms with Gasteiger partial charge < -0.3 is 4.90 Å². The van der Waals surface area contributed by atoms with E-state index in [1.165, 1.54) is 11.1 Å². The highest BCUT2D eigenvalue weighted by molar-refractivity contribution is 5.72. The third-order valence-electron chi connectivity index (χ3n) is 3.69. The molecule has 2 aromatic carbocycles. The molecule has 0 N–H and O–H groups in total. The molecule has 1 amide bonds. The fourth-order valence-electron chi connectivity index (χ4n) is 2.38. The molecular weight excluding hydrogens is 246 g/mol. The second-order valence-electron chi connectivity index (χ2n) is 5.10. The molecule has 0 aliphatic heterocycles. The Balaban J connectivity index is 2.19. The maximum atomic E-state index is 11.4. The first-order chi connectivity index (χ1) is 9.68. The van der Waals surface area contributed by atoms with Crippen LogP contribution in [0.25, 0.3) is 0 Å². The van der Waals surface area contributed by atoms with Crippen LogP contribution < -0.4 is 0 Å². The van der Waals surface area contributed by atoms with Gasteiger partial charge in [0.15, 0.2) is 0 Å². The average Bonchev–Trinajstić information content (AvgIpc) is 2.49. The number of rotatable bonds is 5. The van der Waals surface area contributed by atoms with Crippen LogP contribution in [-0.4, -0.2) is 24.4 Å². The fraction of sp³-hybridized carbons (Fsp3) is 0.278. The average molecular weight is 267 g/mol. The van der Waals surface area contributed by atoms with E-state index in [9.17, 15) is 4.79 Å². The van der Waals surface area contributed by atoms with Gasteiger partial charge in [-0.25, -0.2) is 0 Å². The topological polar surface area (TPSA) is 20.3 Å². The zero-order valence-corrected chi connectivity index (χ0v) is 12.1. The second kappa shape index (κ2) is 6.90. The quantitative estimate of drug-likeness (QED) is 0.809. The Kier molecular flexibility index (Phi) is 4.94. The molecule has 0 aromatic heterocycles. The van der Waals surface area contributed by atoms with E-state index in [2.05, 4.69) is 48.5 Å². The summed E-state index contributed by atoms with van der Waals surface area (Å²) >= 11 is 0. The van der Waals surface area contributed by atoms with Gasteiger partial charge in [0.1, 0.15) is 0 Å². The van der Waals surface area contributed by atoms with Gasteiger partial charge in [-0.05, 0) is 17.5 Å². The molecule has 0 fully saturated rings.